The fourth-order valence-corrected chi connectivity index (χ4v) is 3.97. The van der Waals surface area contributed by atoms with Crippen LogP contribution in [-0.2, 0) is 10.2 Å². The van der Waals surface area contributed by atoms with Crippen molar-refractivity contribution in [2.75, 3.05) is 26.2 Å². The number of thiocarbonyl (C=S) groups is 1. The molecule has 0 bridgehead atoms. The van der Waals surface area contributed by atoms with Crippen molar-refractivity contribution < 1.29 is 8.42 Å². The maximum Gasteiger partial charge on any atom is 0.281 e. The van der Waals surface area contributed by atoms with Crippen molar-refractivity contribution in [2.24, 2.45) is 11.7 Å². The van der Waals surface area contributed by atoms with E-state index >= 15 is 0 Å². The van der Waals surface area contributed by atoms with E-state index in [4.69, 9.17) is 18.0 Å². The van der Waals surface area contributed by atoms with Crippen LogP contribution in [0.1, 0.15) is 26.7 Å². The fraction of sp³-hybridized carbons (Fsp3) is 0.900. The van der Waals surface area contributed by atoms with Gasteiger partial charge in [-0.2, -0.15) is 17.0 Å². The number of hydrogen-bond donors (Lipinski definition) is 1. The molecule has 0 aromatic rings. The molecule has 0 saturated carbocycles. The Balaban J connectivity index is 2.67. The molecular weight excluding hydrogens is 258 g/mol. The van der Waals surface area contributed by atoms with Crippen molar-refractivity contribution in [3.63, 3.8) is 0 Å². The highest BCUT2D eigenvalue weighted by molar-refractivity contribution is 7.86. The minimum atomic E-state index is -3.29. The first-order chi connectivity index (χ1) is 7.93. The zero-order chi connectivity index (χ0) is 13.1. The second kappa shape index (κ2) is 6.08. The Kier molecular flexibility index (Phi) is 5.30. The Morgan fingerprint density at radius 1 is 1.35 bits per heavy atom. The Labute approximate surface area is 109 Å². The van der Waals surface area contributed by atoms with Crippen LogP contribution in [0.5, 0.6) is 0 Å². The molecule has 0 amide bonds. The van der Waals surface area contributed by atoms with Gasteiger partial charge in [0.2, 0.25) is 0 Å². The summed E-state index contributed by atoms with van der Waals surface area (Å²) in [5, 5.41) is 0. The highest BCUT2D eigenvalue weighted by Gasteiger charge is 2.31. The van der Waals surface area contributed by atoms with Gasteiger partial charge in [0.05, 0.1) is 4.99 Å². The van der Waals surface area contributed by atoms with Gasteiger partial charge in [0.25, 0.3) is 10.2 Å². The van der Waals surface area contributed by atoms with Gasteiger partial charge in [-0.25, -0.2) is 0 Å². The van der Waals surface area contributed by atoms with Crippen LogP contribution in [-0.4, -0.2) is 48.2 Å². The number of nitrogens with zero attached hydrogens (tertiary/aromatic N) is 2. The number of nitrogens with two attached hydrogens (primary N) is 1. The van der Waals surface area contributed by atoms with Gasteiger partial charge >= 0.3 is 0 Å². The van der Waals surface area contributed by atoms with E-state index in [0.29, 0.717) is 31.2 Å². The van der Waals surface area contributed by atoms with E-state index in [1.54, 1.807) is 0 Å². The van der Waals surface area contributed by atoms with Crippen molar-refractivity contribution in [3.8, 4) is 0 Å². The molecule has 7 heteroatoms. The van der Waals surface area contributed by atoms with Crippen LogP contribution in [0.2, 0.25) is 0 Å². The van der Waals surface area contributed by atoms with Crippen LogP contribution in [0.4, 0.5) is 0 Å². The third-order valence-corrected chi connectivity index (χ3v) is 5.73. The third kappa shape index (κ3) is 3.37. The predicted molar refractivity (Wildman–Crippen MR) is 72.9 cm³/mol. The molecule has 0 aromatic carbocycles. The molecule has 0 spiro atoms. The van der Waals surface area contributed by atoms with Gasteiger partial charge in [0, 0.05) is 32.1 Å². The van der Waals surface area contributed by atoms with E-state index < -0.39 is 10.2 Å². The summed E-state index contributed by atoms with van der Waals surface area (Å²) >= 11 is 4.94. The molecule has 1 aliphatic rings. The maximum absolute atomic E-state index is 12.2. The predicted octanol–water partition coefficient (Wildman–Crippen LogP) is 0.571. The molecule has 1 heterocycles. The number of rotatable bonds is 5. The zero-order valence-corrected chi connectivity index (χ0v) is 12.1. The first-order valence-electron chi connectivity index (χ1n) is 5.98. The first-order valence-corrected chi connectivity index (χ1v) is 7.78. The molecular formula is C10H21N3O2S2. The molecule has 17 heavy (non-hydrogen) atoms. The summed E-state index contributed by atoms with van der Waals surface area (Å²) in [6.07, 6.45) is 1.46. The molecule has 1 rings (SSSR count). The van der Waals surface area contributed by atoms with E-state index in [9.17, 15) is 8.42 Å². The summed E-state index contributed by atoms with van der Waals surface area (Å²) in [6, 6.07) is 0. The highest BCUT2D eigenvalue weighted by Crippen LogP contribution is 2.21. The standard InChI is InChI=1S/C10H21N3O2S2/c1-3-12(4-2)17(14,15)13-7-5-9(6-8-13)10(11)16/h9H,3-8H2,1-2H3,(H2,11,16). The summed E-state index contributed by atoms with van der Waals surface area (Å²) in [6.45, 7) is 5.75. The van der Waals surface area contributed by atoms with Crippen molar-refractivity contribution in [1.82, 2.24) is 8.61 Å². The lowest BCUT2D eigenvalue weighted by Gasteiger charge is -2.33. The van der Waals surface area contributed by atoms with Crippen molar-refractivity contribution in [3.05, 3.63) is 0 Å². The summed E-state index contributed by atoms with van der Waals surface area (Å²) < 4.78 is 27.4. The fourth-order valence-electron chi connectivity index (χ4n) is 2.08. The van der Waals surface area contributed by atoms with Gasteiger partial charge in [0.15, 0.2) is 0 Å². The topological polar surface area (TPSA) is 66.6 Å². The molecule has 1 aliphatic heterocycles. The molecule has 0 atom stereocenters. The third-order valence-electron chi connectivity index (χ3n) is 3.21. The van der Waals surface area contributed by atoms with Gasteiger partial charge in [0.1, 0.15) is 0 Å². The quantitative estimate of drug-likeness (QED) is 0.747. The van der Waals surface area contributed by atoms with Crippen LogP contribution in [0.15, 0.2) is 0 Å². The lowest BCUT2D eigenvalue weighted by atomic mass is 9.98. The summed E-state index contributed by atoms with van der Waals surface area (Å²) in [7, 11) is -3.29. The van der Waals surface area contributed by atoms with Gasteiger partial charge < -0.3 is 5.73 Å². The Hall–Kier alpha value is -0.240. The minimum Gasteiger partial charge on any atom is -0.393 e. The van der Waals surface area contributed by atoms with Gasteiger partial charge in [-0.3, -0.25) is 0 Å². The second-order valence-electron chi connectivity index (χ2n) is 4.17. The molecule has 2 N–H and O–H groups in total. The van der Waals surface area contributed by atoms with Crippen LogP contribution >= 0.6 is 12.2 Å². The molecule has 1 saturated heterocycles. The molecule has 0 aromatic heterocycles. The molecule has 1 fully saturated rings. The second-order valence-corrected chi connectivity index (χ2v) is 6.57. The normalized spacial score (nSPS) is 19.7. The lowest BCUT2D eigenvalue weighted by molar-refractivity contribution is 0.289. The number of piperidine rings is 1. The van der Waals surface area contributed by atoms with Crippen molar-refractivity contribution in [1.29, 1.82) is 0 Å². The van der Waals surface area contributed by atoms with Gasteiger partial charge in [-0.15, -0.1) is 0 Å². The Bertz CT molecular complexity index is 358. The monoisotopic (exact) mass is 279 g/mol. The van der Waals surface area contributed by atoms with Crippen LogP contribution in [0.3, 0.4) is 0 Å². The van der Waals surface area contributed by atoms with Crippen molar-refractivity contribution >= 4 is 27.4 Å². The van der Waals surface area contributed by atoms with E-state index in [1.165, 1.54) is 8.61 Å². The average molecular weight is 279 g/mol. The molecule has 0 aliphatic carbocycles. The lowest BCUT2D eigenvalue weighted by Crippen LogP contribution is -2.48. The van der Waals surface area contributed by atoms with Crippen LogP contribution < -0.4 is 5.73 Å². The summed E-state index contributed by atoms with van der Waals surface area (Å²) in [5.74, 6) is 0.188. The number of hydrogen-bond acceptors (Lipinski definition) is 3. The van der Waals surface area contributed by atoms with Crippen LogP contribution in [0, 0.1) is 5.92 Å². The molecule has 0 unspecified atom stereocenters. The average Bonchev–Trinajstić information content (AvgIpc) is 2.30. The van der Waals surface area contributed by atoms with E-state index in [-0.39, 0.29) is 5.92 Å². The summed E-state index contributed by atoms with van der Waals surface area (Å²) in [4.78, 5) is 0.505. The van der Waals surface area contributed by atoms with Gasteiger partial charge in [-0.05, 0) is 12.8 Å². The largest absolute Gasteiger partial charge is 0.393 e. The Morgan fingerprint density at radius 2 is 1.82 bits per heavy atom. The van der Waals surface area contributed by atoms with E-state index in [2.05, 4.69) is 0 Å². The van der Waals surface area contributed by atoms with E-state index in [0.717, 1.165) is 12.8 Å². The first kappa shape index (κ1) is 14.8. The molecule has 5 nitrogen and oxygen atoms in total. The highest BCUT2D eigenvalue weighted by atomic mass is 32.2. The maximum atomic E-state index is 12.2. The zero-order valence-electron chi connectivity index (χ0n) is 10.4. The molecule has 100 valence electrons. The summed E-state index contributed by atoms with van der Waals surface area (Å²) in [5.41, 5.74) is 5.59. The molecule has 0 radical (unpaired) electrons. The van der Waals surface area contributed by atoms with Gasteiger partial charge in [-0.1, -0.05) is 26.1 Å². The SMILES string of the molecule is CCN(CC)S(=O)(=O)N1CCC(C(N)=S)CC1. The Morgan fingerprint density at radius 3 is 2.18 bits per heavy atom. The van der Waals surface area contributed by atoms with E-state index in [1.807, 2.05) is 13.8 Å². The van der Waals surface area contributed by atoms with Crippen LogP contribution in [0.25, 0.3) is 0 Å². The minimum absolute atomic E-state index is 0.188. The van der Waals surface area contributed by atoms with Crippen molar-refractivity contribution in [2.45, 2.75) is 26.7 Å². The smallest absolute Gasteiger partial charge is 0.281 e.